The van der Waals surface area contributed by atoms with Crippen LogP contribution in [0, 0.1) is 15.9 Å². The molecule has 0 unspecified atom stereocenters. The van der Waals surface area contributed by atoms with Gasteiger partial charge in [0.05, 0.1) is 10.5 Å². The molecule has 3 N–H and O–H groups in total. The largest absolute Gasteiger partial charge is 0.362 e. The van der Waals surface area contributed by atoms with Crippen molar-refractivity contribution in [3.63, 3.8) is 0 Å². The van der Waals surface area contributed by atoms with E-state index in [9.17, 15) is 19.3 Å². The molecule has 0 spiro atoms. The van der Waals surface area contributed by atoms with Crippen LogP contribution in [-0.2, 0) is 0 Å². The standard InChI is InChI=1S/C14H15FN6O3/c1-8(2)18-12-11(21(23)24)13(17-7-16-12)19-20-14(22)9-5-3-4-6-10(9)15/h3-8H,1-2H3,(H,20,22)(H2,16,17,18,19). The number of nitro groups is 1. The lowest BCUT2D eigenvalue weighted by Gasteiger charge is -2.12. The third kappa shape index (κ3) is 3.91. The molecule has 0 aliphatic heterocycles. The van der Waals surface area contributed by atoms with Gasteiger partial charge in [-0.15, -0.1) is 0 Å². The van der Waals surface area contributed by atoms with E-state index in [2.05, 4.69) is 26.1 Å². The van der Waals surface area contributed by atoms with Crippen LogP contribution < -0.4 is 16.2 Å². The second-order valence-corrected chi connectivity index (χ2v) is 5.03. The van der Waals surface area contributed by atoms with Gasteiger partial charge in [-0.1, -0.05) is 12.1 Å². The van der Waals surface area contributed by atoms with E-state index >= 15 is 0 Å². The van der Waals surface area contributed by atoms with Crippen LogP contribution in [0.2, 0.25) is 0 Å². The molecular weight excluding hydrogens is 319 g/mol. The minimum absolute atomic E-state index is 0.00707. The molecule has 0 aliphatic rings. The number of carbonyl (C=O) groups is 1. The van der Waals surface area contributed by atoms with Crippen molar-refractivity contribution in [2.75, 3.05) is 10.7 Å². The first kappa shape index (κ1) is 17.1. The van der Waals surface area contributed by atoms with E-state index in [1.54, 1.807) is 13.8 Å². The number of nitrogens with one attached hydrogen (secondary N) is 3. The Morgan fingerprint density at radius 2 is 1.92 bits per heavy atom. The zero-order valence-corrected chi connectivity index (χ0v) is 12.9. The van der Waals surface area contributed by atoms with Crippen LogP contribution >= 0.6 is 0 Å². The molecule has 126 valence electrons. The van der Waals surface area contributed by atoms with E-state index in [-0.39, 0.29) is 23.2 Å². The summed E-state index contributed by atoms with van der Waals surface area (Å²) in [6.07, 6.45) is 1.11. The molecule has 2 rings (SSSR count). The Bertz CT molecular complexity index is 768. The van der Waals surface area contributed by atoms with Crippen molar-refractivity contribution < 1.29 is 14.1 Å². The van der Waals surface area contributed by atoms with Gasteiger partial charge in [0, 0.05) is 6.04 Å². The highest BCUT2D eigenvalue weighted by Crippen LogP contribution is 2.28. The maximum Gasteiger partial charge on any atom is 0.354 e. The third-order valence-electron chi connectivity index (χ3n) is 2.84. The van der Waals surface area contributed by atoms with Crippen LogP contribution in [0.1, 0.15) is 24.2 Å². The first-order chi connectivity index (χ1) is 11.4. The van der Waals surface area contributed by atoms with E-state index in [0.29, 0.717) is 0 Å². The molecule has 24 heavy (non-hydrogen) atoms. The molecule has 0 radical (unpaired) electrons. The molecular formula is C14H15FN6O3. The van der Waals surface area contributed by atoms with Crippen LogP contribution in [-0.4, -0.2) is 26.8 Å². The molecule has 0 aliphatic carbocycles. The summed E-state index contributed by atoms with van der Waals surface area (Å²) in [4.78, 5) is 30.1. The maximum absolute atomic E-state index is 13.5. The number of halogens is 1. The Balaban J connectivity index is 2.22. The predicted octanol–water partition coefficient (Wildman–Crippen LogP) is 2.10. The average molecular weight is 334 g/mol. The summed E-state index contributed by atoms with van der Waals surface area (Å²) in [6, 6.07) is 5.26. The molecule has 0 saturated carbocycles. The van der Waals surface area contributed by atoms with Crippen molar-refractivity contribution in [3.05, 3.63) is 52.1 Å². The molecule has 0 atom stereocenters. The van der Waals surface area contributed by atoms with Crippen LogP contribution in [0.15, 0.2) is 30.6 Å². The molecule has 0 saturated heterocycles. The van der Waals surface area contributed by atoms with Crippen molar-refractivity contribution >= 4 is 23.2 Å². The van der Waals surface area contributed by atoms with Crippen molar-refractivity contribution in [2.45, 2.75) is 19.9 Å². The summed E-state index contributed by atoms with van der Waals surface area (Å²) in [5.41, 5.74) is 3.88. The number of hydrogen-bond acceptors (Lipinski definition) is 7. The number of anilines is 2. The number of hydrogen-bond donors (Lipinski definition) is 3. The van der Waals surface area contributed by atoms with Gasteiger partial charge in [0.25, 0.3) is 5.91 Å². The third-order valence-corrected chi connectivity index (χ3v) is 2.84. The predicted molar refractivity (Wildman–Crippen MR) is 84.9 cm³/mol. The monoisotopic (exact) mass is 334 g/mol. The number of nitrogens with zero attached hydrogens (tertiary/aromatic N) is 3. The van der Waals surface area contributed by atoms with Gasteiger partial charge in [0.15, 0.2) is 0 Å². The molecule has 1 heterocycles. The lowest BCUT2D eigenvalue weighted by molar-refractivity contribution is -0.383. The van der Waals surface area contributed by atoms with Crippen LogP contribution in [0.5, 0.6) is 0 Å². The van der Waals surface area contributed by atoms with E-state index in [4.69, 9.17) is 0 Å². The topological polar surface area (TPSA) is 122 Å². The highest BCUT2D eigenvalue weighted by molar-refractivity contribution is 5.95. The van der Waals surface area contributed by atoms with Crippen LogP contribution in [0.25, 0.3) is 0 Å². The molecule has 10 heteroatoms. The molecule has 1 aromatic carbocycles. The Morgan fingerprint density at radius 1 is 1.25 bits per heavy atom. The molecule has 2 aromatic rings. The van der Waals surface area contributed by atoms with E-state index in [1.807, 2.05) is 0 Å². The average Bonchev–Trinajstić information content (AvgIpc) is 2.52. The Labute approximate surface area is 136 Å². The van der Waals surface area contributed by atoms with Gasteiger partial charge in [0.2, 0.25) is 11.6 Å². The maximum atomic E-state index is 13.5. The van der Waals surface area contributed by atoms with Gasteiger partial charge >= 0.3 is 5.69 Å². The number of amides is 1. The first-order valence-corrected chi connectivity index (χ1v) is 6.97. The molecule has 9 nitrogen and oxygen atoms in total. The van der Waals surface area contributed by atoms with Gasteiger partial charge in [-0.25, -0.2) is 14.4 Å². The summed E-state index contributed by atoms with van der Waals surface area (Å²) >= 11 is 0. The van der Waals surface area contributed by atoms with Crippen molar-refractivity contribution in [1.29, 1.82) is 0 Å². The number of rotatable bonds is 6. The fraction of sp³-hybridized carbons (Fsp3) is 0.214. The van der Waals surface area contributed by atoms with E-state index < -0.39 is 22.3 Å². The second kappa shape index (κ2) is 7.31. The number of benzene rings is 1. The van der Waals surface area contributed by atoms with E-state index in [0.717, 1.165) is 12.4 Å². The normalized spacial score (nSPS) is 10.3. The minimum Gasteiger partial charge on any atom is -0.362 e. The number of aromatic nitrogens is 2. The van der Waals surface area contributed by atoms with Crippen LogP contribution in [0.4, 0.5) is 21.7 Å². The fourth-order valence-electron chi connectivity index (χ4n) is 1.85. The zero-order chi connectivity index (χ0) is 17.7. The molecule has 0 fully saturated rings. The smallest absolute Gasteiger partial charge is 0.354 e. The summed E-state index contributed by atoms with van der Waals surface area (Å²) in [6.45, 7) is 3.58. The van der Waals surface area contributed by atoms with Crippen molar-refractivity contribution in [1.82, 2.24) is 15.4 Å². The van der Waals surface area contributed by atoms with Crippen LogP contribution in [0.3, 0.4) is 0 Å². The SMILES string of the molecule is CC(C)Nc1ncnc(NNC(=O)c2ccccc2F)c1[N+](=O)[O-]. The summed E-state index contributed by atoms with van der Waals surface area (Å²) in [5.74, 6) is -1.72. The molecule has 1 aromatic heterocycles. The summed E-state index contributed by atoms with van der Waals surface area (Å²) in [7, 11) is 0. The summed E-state index contributed by atoms with van der Waals surface area (Å²) in [5, 5.41) is 14.1. The van der Waals surface area contributed by atoms with Gasteiger partial charge in [0.1, 0.15) is 12.1 Å². The Morgan fingerprint density at radius 3 is 2.54 bits per heavy atom. The highest BCUT2D eigenvalue weighted by Gasteiger charge is 2.24. The molecule has 0 bridgehead atoms. The minimum atomic E-state index is -0.792. The van der Waals surface area contributed by atoms with Gasteiger partial charge in [-0.2, -0.15) is 0 Å². The van der Waals surface area contributed by atoms with Gasteiger partial charge in [-0.3, -0.25) is 25.8 Å². The first-order valence-electron chi connectivity index (χ1n) is 6.97. The van der Waals surface area contributed by atoms with Gasteiger partial charge in [-0.05, 0) is 26.0 Å². The zero-order valence-electron chi connectivity index (χ0n) is 12.9. The lowest BCUT2D eigenvalue weighted by Crippen LogP contribution is -2.31. The Hall–Kier alpha value is -3.30. The number of carbonyl (C=O) groups excluding carboxylic acids is 1. The van der Waals surface area contributed by atoms with Gasteiger partial charge < -0.3 is 5.32 Å². The second-order valence-electron chi connectivity index (χ2n) is 5.03. The quantitative estimate of drug-likeness (QED) is 0.546. The van der Waals surface area contributed by atoms with Crippen molar-refractivity contribution in [3.8, 4) is 0 Å². The Kier molecular flexibility index (Phi) is 5.20. The summed E-state index contributed by atoms with van der Waals surface area (Å²) < 4.78 is 13.5. The number of hydrazine groups is 1. The van der Waals surface area contributed by atoms with E-state index in [1.165, 1.54) is 18.2 Å². The lowest BCUT2D eigenvalue weighted by atomic mass is 10.2. The molecule has 1 amide bonds. The van der Waals surface area contributed by atoms with Crippen molar-refractivity contribution in [2.24, 2.45) is 0 Å². The highest BCUT2D eigenvalue weighted by atomic mass is 19.1. The fourth-order valence-corrected chi connectivity index (χ4v) is 1.85.